The maximum absolute atomic E-state index is 11.9. The van der Waals surface area contributed by atoms with E-state index in [0.29, 0.717) is 11.3 Å². The molecular weight excluding hydrogens is 258 g/mol. The minimum atomic E-state index is -2.43. The Bertz CT molecular complexity index is 591. The molecular formula is C12H14F2N2OS. The number of ether oxygens (including phenoxy) is 1. The van der Waals surface area contributed by atoms with Gasteiger partial charge in [0.1, 0.15) is 6.61 Å². The fraction of sp³-hybridized carbons (Fsp3) is 0.417. The number of hydrogen-bond donors (Lipinski definition) is 1. The van der Waals surface area contributed by atoms with E-state index in [1.165, 1.54) is 0 Å². The molecule has 6 heteroatoms. The summed E-state index contributed by atoms with van der Waals surface area (Å²) in [6.07, 6.45) is -2.43. The molecule has 3 nitrogen and oxygen atoms in total. The highest BCUT2D eigenvalue weighted by Gasteiger charge is 2.05. The summed E-state index contributed by atoms with van der Waals surface area (Å²) in [6, 6.07) is 5.95. The van der Waals surface area contributed by atoms with Crippen LogP contribution in [0.15, 0.2) is 18.2 Å². The number of aromatic nitrogens is 2. The summed E-state index contributed by atoms with van der Waals surface area (Å²) >= 11 is 5.20. The number of halogens is 2. The number of hydrogen-bond acceptors (Lipinski definition) is 2. The van der Waals surface area contributed by atoms with Crippen molar-refractivity contribution in [2.45, 2.75) is 19.9 Å². The van der Waals surface area contributed by atoms with Gasteiger partial charge in [0.05, 0.1) is 17.6 Å². The molecule has 18 heavy (non-hydrogen) atoms. The Balaban J connectivity index is 2.13. The van der Waals surface area contributed by atoms with Gasteiger partial charge in [0.25, 0.3) is 6.43 Å². The highest BCUT2D eigenvalue weighted by Crippen LogP contribution is 2.15. The molecule has 0 spiro atoms. The number of imidazole rings is 1. The zero-order valence-corrected chi connectivity index (χ0v) is 10.8. The number of aromatic amines is 1. The number of aryl methyl sites for hydroxylation is 1. The van der Waals surface area contributed by atoms with Crippen LogP contribution < -0.4 is 0 Å². The van der Waals surface area contributed by atoms with Gasteiger partial charge in [0, 0.05) is 6.54 Å². The molecule has 1 heterocycles. The van der Waals surface area contributed by atoms with Crippen molar-refractivity contribution in [2.75, 3.05) is 13.2 Å². The summed E-state index contributed by atoms with van der Waals surface area (Å²) in [4.78, 5) is 3.09. The van der Waals surface area contributed by atoms with Crippen molar-refractivity contribution in [3.63, 3.8) is 0 Å². The van der Waals surface area contributed by atoms with Gasteiger partial charge in [0.2, 0.25) is 0 Å². The van der Waals surface area contributed by atoms with Crippen LogP contribution in [-0.4, -0.2) is 29.2 Å². The SMILES string of the molecule is Cc1ccc2c(c1)[nH]c(=S)n2CCOCC(F)F. The molecule has 0 aliphatic carbocycles. The van der Waals surface area contributed by atoms with E-state index in [4.69, 9.17) is 17.0 Å². The zero-order valence-electron chi connectivity index (χ0n) is 9.95. The number of rotatable bonds is 5. The third-order valence-electron chi connectivity index (χ3n) is 2.63. The van der Waals surface area contributed by atoms with Gasteiger partial charge in [0.15, 0.2) is 4.77 Å². The van der Waals surface area contributed by atoms with Gasteiger partial charge in [-0.25, -0.2) is 8.78 Å². The highest BCUT2D eigenvalue weighted by molar-refractivity contribution is 7.71. The average Bonchev–Trinajstić information content (AvgIpc) is 2.59. The molecule has 0 aliphatic heterocycles. The molecule has 2 rings (SSSR count). The maximum atomic E-state index is 11.9. The molecule has 0 amide bonds. The van der Waals surface area contributed by atoms with Crippen LogP contribution >= 0.6 is 12.2 Å². The summed E-state index contributed by atoms with van der Waals surface area (Å²) in [5.74, 6) is 0. The Kier molecular flexibility index (Phi) is 4.08. The molecule has 0 unspecified atom stereocenters. The van der Waals surface area contributed by atoms with Crippen LogP contribution in [0.3, 0.4) is 0 Å². The predicted octanol–water partition coefficient (Wildman–Crippen LogP) is 3.29. The Labute approximate surface area is 108 Å². The third kappa shape index (κ3) is 2.94. The fourth-order valence-corrected chi connectivity index (χ4v) is 2.13. The minimum Gasteiger partial charge on any atom is -0.374 e. The van der Waals surface area contributed by atoms with E-state index in [9.17, 15) is 8.78 Å². The zero-order chi connectivity index (χ0) is 13.1. The minimum absolute atomic E-state index is 0.222. The summed E-state index contributed by atoms with van der Waals surface area (Å²) in [5.41, 5.74) is 3.06. The molecule has 1 N–H and O–H groups in total. The molecule has 0 radical (unpaired) electrons. The Hall–Kier alpha value is -1.27. The van der Waals surface area contributed by atoms with Gasteiger partial charge in [-0.3, -0.25) is 0 Å². The molecule has 0 bridgehead atoms. The lowest BCUT2D eigenvalue weighted by Gasteiger charge is -2.06. The average molecular weight is 272 g/mol. The van der Waals surface area contributed by atoms with Gasteiger partial charge in [-0.1, -0.05) is 6.07 Å². The van der Waals surface area contributed by atoms with Gasteiger partial charge in [-0.2, -0.15) is 0 Å². The van der Waals surface area contributed by atoms with Crippen molar-refractivity contribution >= 4 is 23.3 Å². The van der Waals surface area contributed by atoms with Gasteiger partial charge < -0.3 is 14.3 Å². The van der Waals surface area contributed by atoms with E-state index in [2.05, 4.69) is 4.98 Å². The number of H-pyrrole nitrogens is 1. The third-order valence-corrected chi connectivity index (χ3v) is 2.96. The van der Waals surface area contributed by atoms with Crippen LogP contribution in [0.5, 0.6) is 0 Å². The van der Waals surface area contributed by atoms with Crippen molar-refractivity contribution < 1.29 is 13.5 Å². The van der Waals surface area contributed by atoms with E-state index in [0.717, 1.165) is 16.6 Å². The molecule has 1 aromatic heterocycles. The molecule has 1 aromatic carbocycles. The van der Waals surface area contributed by atoms with Crippen molar-refractivity contribution in [1.29, 1.82) is 0 Å². The van der Waals surface area contributed by atoms with Crippen molar-refractivity contribution in [3.8, 4) is 0 Å². The quantitative estimate of drug-likeness (QED) is 0.668. The molecule has 2 aromatic rings. The lowest BCUT2D eigenvalue weighted by atomic mass is 10.2. The van der Waals surface area contributed by atoms with Crippen molar-refractivity contribution in [1.82, 2.24) is 9.55 Å². The van der Waals surface area contributed by atoms with Crippen LogP contribution in [0.1, 0.15) is 5.56 Å². The summed E-state index contributed by atoms with van der Waals surface area (Å²) in [7, 11) is 0. The predicted molar refractivity (Wildman–Crippen MR) is 68.7 cm³/mol. The maximum Gasteiger partial charge on any atom is 0.261 e. The van der Waals surface area contributed by atoms with E-state index in [1.54, 1.807) is 0 Å². The first-order valence-electron chi connectivity index (χ1n) is 5.63. The molecule has 0 fully saturated rings. The first-order valence-corrected chi connectivity index (χ1v) is 6.04. The van der Waals surface area contributed by atoms with Crippen LogP contribution in [0, 0.1) is 11.7 Å². The molecule has 0 aliphatic rings. The molecule has 0 saturated carbocycles. The highest BCUT2D eigenvalue weighted by atomic mass is 32.1. The van der Waals surface area contributed by atoms with Crippen LogP contribution in [0.25, 0.3) is 11.0 Å². The van der Waals surface area contributed by atoms with Gasteiger partial charge in [-0.05, 0) is 36.8 Å². The lowest BCUT2D eigenvalue weighted by molar-refractivity contribution is 0.0149. The molecule has 0 atom stereocenters. The summed E-state index contributed by atoms with van der Waals surface area (Å²) in [5, 5.41) is 0. The lowest BCUT2D eigenvalue weighted by Crippen LogP contribution is -2.10. The van der Waals surface area contributed by atoms with E-state index < -0.39 is 13.0 Å². The number of nitrogens with one attached hydrogen (secondary N) is 1. The summed E-state index contributed by atoms with van der Waals surface area (Å²) < 4.78 is 31.1. The topological polar surface area (TPSA) is 29.9 Å². The normalized spacial score (nSPS) is 11.6. The van der Waals surface area contributed by atoms with Crippen molar-refractivity contribution in [3.05, 3.63) is 28.5 Å². The molecule has 98 valence electrons. The number of benzene rings is 1. The van der Waals surface area contributed by atoms with Gasteiger partial charge in [-0.15, -0.1) is 0 Å². The summed E-state index contributed by atoms with van der Waals surface area (Å²) in [6.45, 7) is 2.16. The largest absolute Gasteiger partial charge is 0.374 e. The fourth-order valence-electron chi connectivity index (χ4n) is 1.83. The smallest absolute Gasteiger partial charge is 0.261 e. The number of nitrogens with zero attached hydrogens (tertiary/aromatic N) is 1. The van der Waals surface area contributed by atoms with E-state index >= 15 is 0 Å². The van der Waals surface area contributed by atoms with E-state index in [1.807, 2.05) is 29.7 Å². The van der Waals surface area contributed by atoms with Crippen LogP contribution in [-0.2, 0) is 11.3 Å². The Morgan fingerprint density at radius 2 is 2.22 bits per heavy atom. The van der Waals surface area contributed by atoms with Crippen LogP contribution in [0.2, 0.25) is 0 Å². The number of fused-ring (bicyclic) bond motifs is 1. The number of alkyl halides is 2. The first-order chi connectivity index (χ1) is 8.58. The van der Waals surface area contributed by atoms with Gasteiger partial charge >= 0.3 is 0 Å². The molecule has 0 saturated heterocycles. The second kappa shape index (κ2) is 5.58. The standard InChI is InChI=1S/C12H14F2N2OS/c1-8-2-3-10-9(6-8)15-12(18)16(10)4-5-17-7-11(13)14/h2-3,6,11H,4-5,7H2,1H3,(H,15,18). The monoisotopic (exact) mass is 272 g/mol. The van der Waals surface area contributed by atoms with E-state index in [-0.39, 0.29) is 6.61 Å². The second-order valence-corrected chi connectivity index (χ2v) is 4.46. The van der Waals surface area contributed by atoms with Crippen LogP contribution in [0.4, 0.5) is 8.78 Å². The first kappa shape index (κ1) is 13.2. The second-order valence-electron chi connectivity index (χ2n) is 4.07. The Morgan fingerprint density at radius 3 is 2.94 bits per heavy atom. The van der Waals surface area contributed by atoms with Crippen molar-refractivity contribution in [2.24, 2.45) is 0 Å². The Morgan fingerprint density at radius 1 is 1.44 bits per heavy atom.